The number of ether oxygens (including phenoxy) is 1. The molecule has 2 nitrogen and oxygen atoms in total. The third-order valence-corrected chi connectivity index (χ3v) is 3.90. The third kappa shape index (κ3) is 3.83. The van der Waals surface area contributed by atoms with Crippen molar-refractivity contribution in [1.29, 1.82) is 0 Å². The number of nitrogens with one attached hydrogen (secondary N) is 1. The first-order chi connectivity index (χ1) is 10.0. The lowest BCUT2D eigenvalue weighted by Gasteiger charge is -2.19. The largest absolute Gasteiger partial charge is 0.493 e. The highest BCUT2D eigenvalue weighted by Gasteiger charge is 2.15. The molecule has 2 rings (SSSR count). The van der Waals surface area contributed by atoms with E-state index in [9.17, 15) is 4.39 Å². The number of halogens is 2. The Morgan fingerprint density at radius 3 is 2.52 bits per heavy atom. The van der Waals surface area contributed by atoms with Gasteiger partial charge in [0.05, 0.1) is 17.1 Å². The monoisotopic (exact) mass is 351 g/mol. The van der Waals surface area contributed by atoms with Gasteiger partial charge in [0, 0.05) is 0 Å². The molecule has 0 aliphatic heterocycles. The molecule has 0 aromatic heterocycles. The second-order valence-corrected chi connectivity index (χ2v) is 5.76. The standard InChI is InChI=1S/C17H19BrFNO/c1-4-21-16-6-5-12(10-15(16)18)17(20-3)13-7-11(2)8-14(19)9-13/h5-10,17,20H,4H2,1-3H3. The Morgan fingerprint density at radius 2 is 1.95 bits per heavy atom. The zero-order valence-corrected chi connectivity index (χ0v) is 14.0. The molecular formula is C17H19BrFNO. The lowest BCUT2D eigenvalue weighted by molar-refractivity contribution is 0.338. The SMILES string of the molecule is CCOc1ccc(C(NC)c2cc(C)cc(F)c2)cc1Br. The van der Waals surface area contributed by atoms with Gasteiger partial charge in [-0.05, 0) is 77.8 Å². The second kappa shape index (κ2) is 7.05. The maximum absolute atomic E-state index is 13.6. The highest BCUT2D eigenvalue weighted by atomic mass is 79.9. The summed E-state index contributed by atoms with van der Waals surface area (Å²) in [6.45, 7) is 4.47. The van der Waals surface area contributed by atoms with Crippen molar-refractivity contribution in [3.8, 4) is 5.75 Å². The van der Waals surface area contributed by atoms with Gasteiger partial charge in [-0.1, -0.05) is 12.1 Å². The van der Waals surface area contributed by atoms with Gasteiger partial charge in [0.15, 0.2) is 0 Å². The van der Waals surface area contributed by atoms with E-state index in [2.05, 4.69) is 21.2 Å². The van der Waals surface area contributed by atoms with Gasteiger partial charge in [0.2, 0.25) is 0 Å². The van der Waals surface area contributed by atoms with Crippen molar-refractivity contribution >= 4 is 15.9 Å². The van der Waals surface area contributed by atoms with Gasteiger partial charge in [-0.3, -0.25) is 0 Å². The summed E-state index contributed by atoms with van der Waals surface area (Å²) < 4.78 is 20.0. The lowest BCUT2D eigenvalue weighted by Crippen LogP contribution is -2.18. The first-order valence-corrected chi connectivity index (χ1v) is 7.71. The molecule has 0 radical (unpaired) electrons. The average molecular weight is 352 g/mol. The summed E-state index contributed by atoms with van der Waals surface area (Å²) in [7, 11) is 1.87. The molecule has 0 spiro atoms. The van der Waals surface area contributed by atoms with Gasteiger partial charge >= 0.3 is 0 Å². The summed E-state index contributed by atoms with van der Waals surface area (Å²) in [6.07, 6.45) is 0. The van der Waals surface area contributed by atoms with Crippen LogP contribution >= 0.6 is 15.9 Å². The Bertz CT molecular complexity index is 610. The minimum Gasteiger partial charge on any atom is -0.493 e. The summed E-state index contributed by atoms with van der Waals surface area (Å²) in [5.74, 6) is 0.599. The minimum atomic E-state index is -0.213. The molecule has 112 valence electrons. The van der Waals surface area contributed by atoms with Crippen LogP contribution in [0, 0.1) is 12.7 Å². The summed E-state index contributed by atoms with van der Waals surface area (Å²) >= 11 is 3.52. The Balaban J connectivity index is 2.39. The molecule has 2 aromatic rings. The number of hydrogen-bond donors (Lipinski definition) is 1. The minimum absolute atomic E-state index is 0.0635. The molecule has 1 N–H and O–H groups in total. The van der Waals surface area contributed by atoms with E-state index < -0.39 is 0 Å². The molecule has 0 saturated heterocycles. The molecule has 1 unspecified atom stereocenters. The van der Waals surface area contributed by atoms with Gasteiger partial charge in [0.25, 0.3) is 0 Å². The van der Waals surface area contributed by atoms with E-state index in [0.717, 1.165) is 26.9 Å². The summed E-state index contributed by atoms with van der Waals surface area (Å²) in [4.78, 5) is 0. The van der Waals surface area contributed by atoms with E-state index in [1.54, 1.807) is 6.07 Å². The van der Waals surface area contributed by atoms with Crippen molar-refractivity contribution in [2.24, 2.45) is 0 Å². The zero-order valence-electron chi connectivity index (χ0n) is 12.4. The molecule has 0 saturated carbocycles. The topological polar surface area (TPSA) is 21.3 Å². The van der Waals surface area contributed by atoms with Crippen LogP contribution in [0.15, 0.2) is 40.9 Å². The van der Waals surface area contributed by atoms with E-state index in [-0.39, 0.29) is 11.9 Å². The number of rotatable bonds is 5. The van der Waals surface area contributed by atoms with Crippen LogP contribution in [0.3, 0.4) is 0 Å². The van der Waals surface area contributed by atoms with E-state index >= 15 is 0 Å². The highest BCUT2D eigenvalue weighted by molar-refractivity contribution is 9.10. The molecule has 0 aliphatic carbocycles. The highest BCUT2D eigenvalue weighted by Crippen LogP contribution is 2.31. The molecule has 0 amide bonds. The fraction of sp³-hybridized carbons (Fsp3) is 0.294. The quantitative estimate of drug-likeness (QED) is 0.849. The van der Waals surface area contributed by atoms with E-state index in [0.29, 0.717) is 6.61 Å². The fourth-order valence-electron chi connectivity index (χ4n) is 2.43. The van der Waals surface area contributed by atoms with Crippen molar-refractivity contribution in [1.82, 2.24) is 5.32 Å². The Kier molecular flexibility index (Phi) is 5.37. The first-order valence-electron chi connectivity index (χ1n) is 6.91. The maximum Gasteiger partial charge on any atom is 0.133 e. The van der Waals surface area contributed by atoms with Crippen LogP contribution in [0.2, 0.25) is 0 Å². The van der Waals surface area contributed by atoms with Crippen LogP contribution in [0.1, 0.15) is 29.7 Å². The van der Waals surface area contributed by atoms with Crippen LogP contribution in [-0.4, -0.2) is 13.7 Å². The third-order valence-electron chi connectivity index (χ3n) is 3.28. The van der Waals surface area contributed by atoms with Gasteiger partial charge in [-0.25, -0.2) is 4.39 Å². The molecule has 0 fully saturated rings. The molecular weight excluding hydrogens is 333 g/mol. The second-order valence-electron chi connectivity index (χ2n) is 4.91. The molecule has 0 bridgehead atoms. The molecule has 0 aliphatic rings. The molecule has 2 aromatic carbocycles. The Labute approximate surface area is 133 Å². The normalized spacial score (nSPS) is 12.2. The molecule has 1 atom stereocenters. The van der Waals surface area contributed by atoms with Crippen molar-refractivity contribution in [2.45, 2.75) is 19.9 Å². The van der Waals surface area contributed by atoms with Crippen LogP contribution in [0.4, 0.5) is 4.39 Å². The van der Waals surface area contributed by atoms with Crippen molar-refractivity contribution in [2.75, 3.05) is 13.7 Å². The van der Waals surface area contributed by atoms with Gasteiger partial charge < -0.3 is 10.1 Å². The Hall–Kier alpha value is -1.39. The van der Waals surface area contributed by atoms with Crippen molar-refractivity contribution < 1.29 is 9.13 Å². The zero-order chi connectivity index (χ0) is 15.4. The summed E-state index contributed by atoms with van der Waals surface area (Å²) in [5, 5.41) is 3.24. The smallest absolute Gasteiger partial charge is 0.133 e. The average Bonchev–Trinajstić information content (AvgIpc) is 2.41. The van der Waals surface area contributed by atoms with E-state index in [4.69, 9.17) is 4.74 Å². The van der Waals surface area contributed by atoms with Crippen LogP contribution in [0.5, 0.6) is 5.75 Å². The van der Waals surface area contributed by atoms with Crippen LogP contribution < -0.4 is 10.1 Å². The number of hydrogen-bond acceptors (Lipinski definition) is 2. The fourth-order valence-corrected chi connectivity index (χ4v) is 2.94. The molecule has 0 heterocycles. The van der Waals surface area contributed by atoms with Crippen LogP contribution in [-0.2, 0) is 0 Å². The summed E-state index contributed by atoms with van der Waals surface area (Å²) in [5.41, 5.74) is 2.87. The predicted molar refractivity (Wildman–Crippen MR) is 87.4 cm³/mol. The van der Waals surface area contributed by atoms with Gasteiger partial charge in [-0.2, -0.15) is 0 Å². The van der Waals surface area contributed by atoms with Crippen molar-refractivity contribution in [3.63, 3.8) is 0 Å². The van der Waals surface area contributed by atoms with Crippen molar-refractivity contribution in [3.05, 3.63) is 63.4 Å². The number of aryl methyl sites for hydroxylation is 1. The van der Waals surface area contributed by atoms with Crippen LogP contribution in [0.25, 0.3) is 0 Å². The summed E-state index contributed by atoms with van der Waals surface area (Å²) in [6, 6.07) is 11.0. The lowest BCUT2D eigenvalue weighted by atomic mass is 9.97. The van der Waals surface area contributed by atoms with Gasteiger partial charge in [-0.15, -0.1) is 0 Å². The first kappa shape index (κ1) is 16.0. The van der Waals surface area contributed by atoms with Gasteiger partial charge in [0.1, 0.15) is 11.6 Å². The maximum atomic E-state index is 13.6. The predicted octanol–water partition coefficient (Wildman–Crippen LogP) is 4.60. The van der Waals surface area contributed by atoms with E-state index in [1.807, 2.05) is 45.2 Å². The number of benzene rings is 2. The van der Waals surface area contributed by atoms with E-state index in [1.165, 1.54) is 6.07 Å². The Morgan fingerprint density at radius 1 is 1.19 bits per heavy atom. The molecule has 21 heavy (non-hydrogen) atoms. The molecule has 4 heteroatoms.